The molecule has 138 valence electrons. The van der Waals surface area contributed by atoms with Crippen molar-refractivity contribution in [3.63, 3.8) is 0 Å². The van der Waals surface area contributed by atoms with Gasteiger partial charge in [-0.25, -0.2) is 4.79 Å². The summed E-state index contributed by atoms with van der Waals surface area (Å²) in [5.74, 6) is -0.415. The Labute approximate surface area is 153 Å². The minimum Gasteiger partial charge on any atom is -0.444 e. The van der Waals surface area contributed by atoms with Gasteiger partial charge in [0.15, 0.2) is 0 Å². The number of hydrogen-bond acceptors (Lipinski definition) is 4. The highest BCUT2D eigenvalue weighted by atomic mass is 16.6. The van der Waals surface area contributed by atoms with E-state index in [9.17, 15) is 14.4 Å². The summed E-state index contributed by atoms with van der Waals surface area (Å²) in [5, 5.41) is 0. The van der Waals surface area contributed by atoms with Crippen molar-refractivity contribution in [2.24, 2.45) is 0 Å². The number of amides is 3. The van der Waals surface area contributed by atoms with Crippen molar-refractivity contribution >= 4 is 17.9 Å². The monoisotopic (exact) mass is 356 g/mol. The Morgan fingerprint density at radius 3 is 1.92 bits per heavy atom. The Balaban J connectivity index is 1.53. The molecule has 6 heteroatoms. The van der Waals surface area contributed by atoms with Crippen molar-refractivity contribution in [2.45, 2.75) is 70.2 Å². The van der Waals surface area contributed by atoms with Crippen LogP contribution in [0.4, 0.5) is 4.79 Å². The first kappa shape index (κ1) is 17.1. The number of hydrogen-bond donors (Lipinski definition) is 0. The Morgan fingerprint density at radius 2 is 1.46 bits per heavy atom. The quantitative estimate of drug-likeness (QED) is 0.725. The molecule has 2 saturated heterocycles. The number of nitrogens with zero attached hydrogens (tertiary/aromatic N) is 2. The van der Waals surface area contributed by atoms with Crippen LogP contribution < -0.4 is 0 Å². The zero-order valence-electron chi connectivity index (χ0n) is 15.4. The van der Waals surface area contributed by atoms with E-state index >= 15 is 0 Å². The maximum Gasteiger partial charge on any atom is 0.410 e. The van der Waals surface area contributed by atoms with Gasteiger partial charge in [0, 0.05) is 18.1 Å². The fourth-order valence-corrected chi connectivity index (χ4v) is 4.51. The Hall–Kier alpha value is -2.37. The van der Waals surface area contributed by atoms with Gasteiger partial charge in [0.2, 0.25) is 0 Å². The summed E-state index contributed by atoms with van der Waals surface area (Å²) >= 11 is 0. The first-order chi connectivity index (χ1) is 12.3. The Bertz CT molecular complexity index is 733. The molecular weight excluding hydrogens is 332 g/mol. The first-order valence-corrected chi connectivity index (χ1v) is 9.24. The molecule has 3 heterocycles. The summed E-state index contributed by atoms with van der Waals surface area (Å²) in [5.41, 5.74) is 0.439. The fourth-order valence-electron chi connectivity index (χ4n) is 4.51. The standard InChI is InChI=1S/C20H24N2O4/c1-20(2,3)26-19(25)21-12-8-9-13(21)11-14(10-12)22-17(23)15-6-4-5-7-16(15)18(22)24/h4-7,12-14H,8-11H2,1-3H3/t12-,13+,14-. The molecule has 0 saturated carbocycles. The van der Waals surface area contributed by atoms with E-state index in [0.29, 0.717) is 24.0 Å². The summed E-state index contributed by atoms with van der Waals surface area (Å²) < 4.78 is 5.55. The number of benzene rings is 1. The molecule has 3 atom stereocenters. The second kappa shape index (κ2) is 5.83. The molecule has 3 aliphatic heterocycles. The molecule has 0 N–H and O–H groups in total. The van der Waals surface area contributed by atoms with Crippen LogP contribution in [0.15, 0.2) is 24.3 Å². The molecule has 0 spiro atoms. The summed E-state index contributed by atoms with van der Waals surface area (Å²) in [6.45, 7) is 5.58. The first-order valence-electron chi connectivity index (χ1n) is 9.24. The lowest BCUT2D eigenvalue weighted by atomic mass is 9.96. The third kappa shape index (κ3) is 2.68. The largest absolute Gasteiger partial charge is 0.444 e. The highest BCUT2D eigenvalue weighted by Crippen LogP contribution is 2.40. The molecule has 0 aromatic heterocycles. The second-order valence-electron chi connectivity index (χ2n) is 8.42. The smallest absolute Gasteiger partial charge is 0.410 e. The normalized spacial score (nSPS) is 27.7. The zero-order valence-corrected chi connectivity index (χ0v) is 15.4. The maximum absolute atomic E-state index is 12.7. The van der Waals surface area contributed by atoms with Gasteiger partial charge >= 0.3 is 6.09 Å². The van der Waals surface area contributed by atoms with Crippen LogP contribution >= 0.6 is 0 Å². The SMILES string of the molecule is CC(C)(C)OC(=O)N1[C@@H]2CC[C@H]1C[C@H](N1C(=O)c3ccccc3C1=O)C2. The zero-order chi connectivity index (χ0) is 18.6. The van der Waals surface area contributed by atoms with Crippen molar-refractivity contribution in [2.75, 3.05) is 0 Å². The number of rotatable bonds is 1. The average molecular weight is 356 g/mol. The molecule has 2 bridgehead atoms. The van der Waals surface area contributed by atoms with Gasteiger partial charge in [0.1, 0.15) is 5.60 Å². The molecule has 26 heavy (non-hydrogen) atoms. The van der Waals surface area contributed by atoms with Gasteiger partial charge in [-0.2, -0.15) is 0 Å². The predicted molar refractivity (Wildman–Crippen MR) is 94.8 cm³/mol. The molecule has 1 aromatic carbocycles. The minimum atomic E-state index is -0.532. The lowest BCUT2D eigenvalue weighted by Crippen LogP contribution is -2.54. The highest BCUT2D eigenvalue weighted by molar-refractivity contribution is 6.21. The van der Waals surface area contributed by atoms with Crippen LogP contribution in [0.1, 0.15) is 67.2 Å². The molecular formula is C20H24N2O4. The lowest BCUT2D eigenvalue weighted by Gasteiger charge is -2.41. The van der Waals surface area contributed by atoms with Gasteiger partial charge in [-0.05, 0) is 58.6 Å². The van der Waals surface area contributed by atoms with E-state index in [1.807, 2.05) is 25.7 Å². The van der Waals surface area contributed by atoms with E-state index < -0.39 is 5.60 Å². The number of imide groups is 1. The Morgan fingerprint density at radius 1 is 0.962 bits per heavy atom. The van der Waals surface area contributed by atoms with Gasteiger partial charge in [-0.15, -0.1) is 0 Å². The summed E-state index contributed by atoms with van der Waals surface area (Å²) in [6.07, 6.45) is 2.75. The number of carbonyl (C=O) groups is 3. The van der Waals surface area contributed by atoms with Gasteiger partial charge in [-0.1, -0.05) is 12.1 Å². The van der Waals surface area contributed by atoms with Gasteiger partial charge < -0.3 is 9.64 Å². The molecule has 3 aliphatic rings. The van der Waals surface area contributed by atoms with E-state index in [1.54, 1.807) is 24.3 Å². The molecule has 0 aliphatic carbocycles. The van der Waals surface area contributed by atoms with Crippen molar-refractivity contribution in [1.29, 1.82) is 0 Å². The maximum atomic E-state index is 12.7. The van der Waals surface area contributed by atoms with Crippen molar-refractivity contribution in [3.8, 4) is 0 Å². The van der Waals surface area contributed by atoms with Gasteiger partial charge in [0.25, 0.3) is 11.8 Å². The van der Waals surface area contributed by atoms with Crippen molar-refractivity contribution in [1.82, 2.24) is 9.80 Å². The molecule has 1 aromatic rings. The third-order valence-electron chi connectivity index (χ3n) is 5.50. The fraction of sp³-hybridized carbons (Fsp3) is 0.550. The summed E-state index contributed by atoms with van der Waals surface area (Å²) in [4.78, 5) is 41.3. The van der Waals surface area contributed by atoms with E-state index in [4.69, 9.17) is 4.74 Å². The van der Waals surface area contributed by atoms with E-state index in [-0.39, 0.29) is 36.0 Å². The highest BCUT2D eigenvalue weighted by Gasteiger charge is 2.49. The number of piperidine rings is 1. The topological polar surface area (TPSA) is 66.9 Å². The molecule has 6 nitrogen and oxygen atoms in total. The van der Waals surface area contributed by atoms with E-state index in [0.717, 1.165) is 12.8 Å². The molecule has 3 amide bonds. The van der Waals surface area contributed by atoms with Crippen LogP contribution in [0.2, 0.25) is 0 Å². The molecule has 0 radical (unpaired) electrons. The minimum absolute atomic E-state index is 0.0258. The van der Waals surface area contributed by atoms with E-state index in [2.05, 4.69) is 0 Å². The number of carbonyl (C=O) groups excluding carboxylic acids is 3. The Kier molecular flexibility index (Phi) is 3.82. The van der Waals surface area contributed by atoms with Crippen LogP contribution in [0, 0.1) is 0 Å². The summed E-state index contributed by atoms with van der Waals surface area (Å²) in [7, 11) is 0. The molecule has 2 fully saturated rings. The predicted octanol–water partition coefficient (Wildman–Crippen LogP) is 3.21. The average Bonchev–Trinajstić information content (AvgIpc) is 2.98. The van der Waals surface area contributed by atoms with Crippen LogP contribution in [0.3, 0.4) is 0 Å². The second-order valence-corrected chi connectivity index (χ2v) is 8.42. The van der Waals surface area contributed by atoms with E-state index in [1.165, 1.54) is 4.90 Å². The number of ether oxygens (including phenoxy) is 1. The van der Waals surface area contributed by atoms with Crippen molar-refractivity contribution < 1.29 is 19.1 Å². The lowest BCUT2D eigenvalue weighted by molar-refractivity contribution is -0.00109. The van der Waals surface area contributed by atoms with Crippen LogP contribution in [-0.2, 0) is 4.74 Å². The third-order valence-corrected chi connectivity index (χ3v) is 5.50. The van der Waals surface area contributed by atoms with Crippen LogP contribution in [-0.4, -0.2) is 51.4 Å². The van der Waals surface area contributed by atoms with Gasteiger partial charge in [-0.3, -0.25) is 14.5 Å². The summed E-state index contributed by atoms with van der Waals surface area (Å²) in [6, 6.07) is 6.87. The number of fused-ring (bicyclic) bond motifs is 3. The molecule has 4 rings (SSSR count). The van der Waals surface area contributed by atoms with Crippen LogP contribution in [0.25, 0.3) is 0 Å². The molecule has 0 unspecified atom stereocenters. The van der Waals surface area contributed by atoms with Gasteiger partial charge in [0.05, 0.1) is 11.1 Å². The van der Waals surface area contributed by atoms with Crippen molar-refractivity contribution in [3.05, 3.63) is 35.4 Å². The van der Waals surface area contributed by atoms with Crippen LogP contribution in [0.5, 0.6) is 0 Å².